The zero-order chi connectivity index (χ0) is 9.35. The highest BCUT2D eigenvalue weighted by atomic mass is 32.2. The summed E-state index contributed by atoms with van der Waals surface area (Å²) in [6.07, 6.45) is 2.77. The third-order valence-electron chi connectivity index (χ3n) is 2.55. The molecule has 0 aromatic heterocycles. The van der Waals surface area contributed by atoms with Gasteiger partial charge in [0.05, 0.1) is 12.4 Å². The van der Waals surface area contributed by atoms with Crippen molar-refractivity contribution in [1.29, 1.82) is 0 Å². The van der Waals surface area contributed by atoms with Crippen LogP contribution in [0.3, 0.4) is 0 Å². The van der Waals surface area contributed by atoms with Crippen LogP contribution in [0.2, 0.25) is 0 Å². The maximum absolute atomic E-state index is 10.8. The fraction of sp³-hybridized carbons (Fsp3) is 1.00. The predicted molar refractivity (Wildman–Crippen MR) is 47.3 cm³/mol. The van der Waals surface area contributed by atoms with E-state index in [9.17, 15) is 8.42 Å². The number of hydrogen-bond donors (Lipinski definition) is 0. The first-order valence-corrected chi connectivity index (χ1v) is 6.08. The third kappa shape index (κ3) is 2.75. The molecule has 0 amide bonds. The van der Waals surface area contributed by atoms with E-state index in [2.05, 4.69) is 13.8 Å². The molecule has 1 aliphatic rings. The van der Waals surface area contributed by atoms with Crippen LogP contribution in [-0.2, 0) is 14.3 Å². The maximum atomic E-state index is 10.8. The molecule has 72 valence electrons. The molecule has 3 nitrogen and oxygen atoms in total. The fourth-order valence-corrected chi connectivity index (χ4v) is 2.37. The van der Waals surface area contributed by atoms with Gasteiger partial charge in [-0.3, -0.25) is 4.18 Å². The first-order chi connectivity index (χ1) is 5.38. The molecule has 0 heterocycles. The molecule has 0 N–H and O–H groups in total. The third-order valence-corrected chi connectivity index (χ3v) is 3.17. The Morgan fingerprint density at radius 3 is 1.92 bits per heavy atom. The molecule has 0 aliphatic heterocycles. The molecule has 0 spiro atoms. The smallest absolute Gasteiger partial charge is 0.264 e. The average molecular weight is 192 g/mol. The zero-order valence-electron chi connectivity index (χ0n) is 7.78. The standard InChI is InChI=1S/C8H16O3S/c1-6-4-8(5-7(6)2)11-12(3,9)10/h6-8H,4-5H2,1-3H3/t6-,7+,8+. The Morgan fingerprint density at radius 2 is 1.58 bits per heavy atom. The van der Waals surface area contributed by atoms with Crippen molar-refractivity contribution in [2.75, 3.05) is 6.26 Å². The first-order valence-electron chi connectivity index (χ1n) is 4.26. The Morgan fingerprint density at radius 1 is 1.17 bits per heavy atom. The van der Waals surface area contributed by atoms with E-state index in [-0.39, 0.29) is 6.10 Å². The van der Waals surface area contributed by atoms with Crippen molar-refractivity contribution >= 4 is 10.1 Å². The summed E-state index contributed by atoms with van der Waals surface area (Å²) < 4.78 is 26.5. The molecule has 0 bridgehead atoms. The molecular formula is C8H16O3S. The maximum Gasteiger partial charge on any atom is 0.264 e. The lowest BCUT2D eigenvalue weighted by atomic mass is 10.0. The lowest BCUT2D eigenvalue weighted by Crippen LogP contribution is -2.14. The monoisotopic (exact) mass is 192 g/mol. The summed E-state index contributed by atoms with van der Waals surface area (Å²) in [6.45, 7) is 4.27. The van der Waals surface area contributed by atoms with Crippen LogP contribution >= 0.6 is 0 Å². The van der Waals surface area contributed by atoms with E-state index in [1.165, 1.54) is 0 Å². The summed E-state index contributed by atoms with van der Waals surface area (Å²) in [5.74, 6) is 1.16. The molecule has 3 atom stereocenters. The Kier molecular flexibility index (Phi) is 2.78. The van der Waals surface area contributed by atoms with Gasteiger partial charge in [-0.15, -0.1) is 0 Å². The van der Waals surface area contributed by atoms with E-state index in [0.29, 0.717) is 11.8 Å². The Bertz CT molecular complexity index is 235. The summed E-state index contributed by atoms with van der Waals surface area (Å²) in [5, 5.41) is 0. The van der Waals surface area contributed by atoms with Gasteiger partial charge in [0.1, 0.15) is 0 Å². The molecule has 1 rings (SSSR count). The summed E-state index contributed by atoms with van der Waals surface area (Å²) in [5.41, 5.74) is 0. The second-order valence-electron chi connectivity index (χ2n) is 3.85. The highest BCUT2D eigenvalue weighted by molar-refractivity contribution is 7.86. The highest BCUT2D eigenvalue weighted by Gasteiger charge is 2.30. The van der Waals surface area contributed by atoms with Crippen LogP contribution < -0.4 is 0 Å². The van der Waals surface area contributed by atoms with Crippen LogP contribution in [0.1, 0.15) is 26.7 Å². The topological polar surface area (TPSA) is 43.4 Å². The van der Waals surface area contributed by atoms with Gasteiger partial charge >= 0.3 is 0 Å². The van der Waals surface area contributed by atoms with E-state index < -0.39 is 10.1 Å². The van der Waals surface area contributed by atoms with Crippen molar-refractivity contribution in [3.8, 4) is 0 Å². The van der Waals surface area contributed by atoms with Crippen LogP contribution in [0.25, 0.3) is 0 Å². The SMILES string of the molecule is C[C@@H]1C[C@H](OS(C)(=O)=O)C[C@@H]1C. The first kappa shape index (κ1) is 9.99. The fourth-order valence-electron chi connectivity index (χ4n) is 1.72. The molecule has 0 unspecified atom stereocenters. The normalized spacial score (nSPS) is 37.1. The van der Waals surface area contributed by atoms with Crippen LogP contribution in [0.15, 0.2) is 0 Å². The minimum atomic E-state index is -3.25. The molecule has 12 heavy (non-hydrogen) atoms. The number of rotatable bonds is 2. The molecule has 1 aliphatic carbocycles. The quantitative estimate of drug-likeness (QED) is 0.621. The van der Waals surface area contributed by atoms with E-state index in [0.717, 1.165) is 19.1 Å². The minimum absolute atomic E-state index is 0.0787. The van der Waals surface area contributed by atoms with Crippen LogP contribution in [0.5, 0.6) is 0 Å². The van der Waals surface area contributed by atoms with Crippen LogP contribution in [-0.4, -0.2) is 20.8 Å². The van der Waals surface area contributed by atoms with Crippen LogP contribution in [0.4, 0.5) is 0 Å². The second-order valence-corrected chi connectivity index (χ2v) is 5.45. The van der Waals surface area contributed by atoms with Gasteiger partial charge in [-0.1, -0.05) is 13.8 Å². The lowest BCUT2D eigenvalue weighted by Gasteiger charge is -2.07. The Hall–Kier alpha value is -0.0900. The van der Waals surface area contributed by atoms with Crippen molar-refractivity contribution < 1.29 is 12.6 Å². The van der Waals surface area contributed by atoms with E-state index in [1.54, 1.807) is 0 Å². The Labute approximate surface area is 74.2 Å². The van der Waals surface area contributed by atoms with Crippen molar-refractivity contribution in [3.63, 3.8) is 0 Å². The van der Waals surface area contributed by atoms with Crippen molar-refractivity contribution in [2.45, 2.75) is 32.8 Å². The van der Waals surface area contributed by atoms with Gasteiger partial charge < -0.3 is 0 Å². The highest BCUT2D eigenvalue weighted by Crippen LogP contribution is 2.33. The second kappa shape index (κ2) is 3.34. The molecular weight excluding hydrogens is 176 g/mol. The summed E-state index contributed by atoms with van der Waals surface area (Å²) in [4.78, 5) is 0. The van der Waals surface area contributed by atoms with Crippen molar-refractivity contribution in [1.82, 2.24) is 0 Å². The van der Waals surface area contributed by atoms with Crippen molar-refractivity contribution in [2.24, 2.45) is 11.8 Å². The van der Waals surface area contributed by atoms with E-state index in [1.807, 2.05) is 0 Å². The molecule has 0 aromatic carbocycles. The van der Waals surface area contributed by atoms with E-state index in [4.69, 9.17) is 4.18 Å². The summed E-state index contributed by atoms with van der Waals surface area (Å²) in [6, 6.07) is 0. The molecule has 1 saturated carbocycles. The van der Waals surface area contributed by atoms with Gasteiger partial charge in [0.25, 0.3) is 10.1 Å². The van der Waals surface area contributed by atoms with Gasteiger partial charge in [0, 0.05) is 0 Å². The molecule has 0 saturated heterocycles. The van der Waals surface area contributed by atoms with Crippen molar-refractivity contribution in [3.05, 3.63) is 0 Å². The van der Waals surface area contributed by atoms with Gasteiger partial charge in [-0.2, -0.15) is 8.42 Å². The van der Waals surface area contributed by atoms with Gasteiger partial charge in [0.15, 0.2) is 0 Å². The zero-order valence-corrected chi connectivity index (χ0v) is 8.60. The van der Waals surface area contributed by atoms with Gasteiger partial charge in [0.2, 0.25) is 0 Å². The summed E-state index contributed by atoms with van der Waals surface area (Å²) in [7, 11) is -3.25. The molecule has 4 heteroatoms. The number of hydrogen-bond acceptors (Lipinski definition) is 3. The summed E-state index contributed by atoms with van der Waals surface area (Å²) >= 11 is 0. The van der Waals surface area contributed by atoms with Gasteiger partial charge in [-0.25, -0.2) is 0 Å². The predicted octanol–water partition coefficient (Wildman–Crippen LogP) is 1.40. The van der Waals surface area contributed by atoms with E-state index >= 15 is 0 Å². The average Bonchev–Trinajstić information content (AvgIpc) is 2.07. The largest absolute Gasteiger partial charge is 0.267 e. The molecule has 1 fully saturated rings. The minimum Gasteiger partial charge on any atom is -0.267 e. The molecule has 0 aromatic rings. The lowest BCUT2D eigenvalue weighted by molar-refractivity contribution is 0.213. The Balaban J connectivity index is 2.48. The van der Waals surface area contributed by atoms with Gasteiger partial charge in [-0.05, 0) is 24.7 Å². The molecule has 0 radical (unpaired) electrons. The van der Waals surface area contributed by atoms with Crippen LogP contribution in [0, 0.1) is 11.8 Å².